The van der Waals surface area contributed by atoms with Crippen molar-refractivity contribution in [2.75, 3.05) is 5.32 Å². The van der Waals surface area contributed by atoms with E-state index >= 15 is 0 Å². The molecule has 0 unspecified atom stereocenters. The van der Waals surface area contributed by atoms with Crippen molar-refractivity contribution in [1.82, 2.24) is 9.97 Å². The fourth-order valence-corrected chi connectivity index (χ4v) is 2.89. The number of H-pyrrole nitrogens is 1. The van der Waals surface area contributed by atoms with Gasteiger partial charge in [-0.05, 0) is 43.7 Å². The van der Waals surface area contributed by atoms with E-state index in [0.717, 1.165) is 22.2 Å². The third kappa shape index (κ3) is 2.97. The molecule has 6 heteroatoms. The van der Waals surface area contributed by atoms with Crippen LogP contribution in [-0.2, 0) is 6.54 Å². The highest BCUT2D eigenvalue weighted by molar-refractivity contribution is 6.31. The number of rotatable bonds is 3. The minimum Gasteiger partial charge on any atom is -0.379 e. The fourth-order valence-electron chi connectivity index (χ4n) is 2.72. The van der Waals surface area contributed by atoms with Crippen molar-refractivity contribution in [3.05, 3.63) is 68.2 Å². The number of nitrogens with one attached hydrogen (secondary N) is 2. The summed E-state index contributed by atoms with van der Waals surface area (Å²) < 4.78 is 0. The van der Waals surface area contributed by atoms with Crippen molar-refractivity contribution in [2.24, 2.45) is 0 Å². The second-order valence-electron chi connectivity index (χ2n) is 5.62. The van der Waals surface area contributed by atoms with Gasteiger partial charge in [0.25, 0.3) is 5.56 Å². The quantitative estimate of drug-likeness (QED) is 0.763. The van der Waals surface area contributed by atoms with Gasteiger partial charge in [0.15, 0.2) is 0 Å². The Bertz CT molecular complexity index is 1030. The highest BCUT2D eigenvalue weighted by atomic mass is 35.5. The summed E-state index contributed by atoms with van der Waals surface area (Å²) in [6.07, 6.45) is 1.52. The predicted molar refractivity (Wildman–Crippen MR) is 95.3 cm³/mol. The van der Waals surface area contributed by atoms with E-state index in [0.29, 0.717) is 28.4 Å². The predicted octanol–water partition coefficient (Wildman–Crippen LogP) is 3.68. The van der Waals surface area contributed by atoms with Gasteiger partial charge in [-0.25, -0.2) is 0 Å². The van der Waals surface area contributed by atoms with E-state index < -0.39 is 0 Å². The molecule has 3 aromatic rings. The van der Waals surface area contributed by atoms with E-state index in [1.807, 2.05) is 19.9 Å². The Morgan fingerprint density at radius 1 is 1.33 bits per heavy atom. The molecule has 0 aliphatic carbocycles. The highest BCUT2D eigenvalue weighted by Gasteiger charge is 2.11. The number of aryl methyl sites for hydroxylation is 2. The molecule has 0 spiro atoms. The smallest absolute Gasteiger partial charge is 0.253 e. The van der Waals surface area contributed by atoms with Gasteiger partial charge >= 0.3 is 0 Å². The van der Waals surface area contributed by atoms with Crippen LogP contribution in [0.1, 0.15) is 22.4 Å². The SMILES string of the molecule is Cc1cc(C)c(CNc2c(C#N)cnc3ccc(Cl)cc23)c(=O)[nH]1. The van der Waals surface area contributed by atoms with Crippen molar-refractivity contribution in [3.8, 4) is 6.07 Å². The maximum atomic E-state index is 12.2. The summed E-state index contributed by atoms with van der Waals surface area (Å²) in [5.41, 5.74) is 4.00. The molecule has 24 heavy (non-hydrogen) atoms. The molecule has 0 atom stereocenters. The van der Waals surface area contributed by atoms with E-state index in [1.165, 1.54) is 6.20 Å². The number of aromatic amines is 1. The van der Waals surface area contributed by atoms with Crippen LogP contribution in [0.3, 0.4) is 0 Å². The second-order valence-corrected chi connectivity index (χ2v) is 6.05. The summed E-state index contributed by atoms with van der Waals surface area (Å²) in [7, 11) is 0. The molecular formula is C18H15ClN4O. The average molecular weight is 339 g/mol. The first-order valence-electron chi connectivity index (χ1n) is 7.41. The standard InChI is InChI=1S/C18H15ClN4O/c1-10-5-11(2)23-18(24)15(10)9-22-17-12(7-20)8-21-16-4-3-13(19)6-14(16)17/h3-6,8H,9H2,1-2H3,(H,21,22)(H,23,24). The number of pyridine rings is 2. The lowest BCUT2D eigenvalue weighted by atomic mass is 10.1. The van der Waals surface area contributed by atoms with Gasteiger partial charge in [0.1, 0.15) is 6.07 Å². The summed E-state index contributed by atoms with van der Waals surface area (Å²) >= 11 is 6.08. The minimum atomic E-state index is -0.130. The molecule has 0 aliphatic heterocycles. The molecule has 0 fully saturated rings. The number of aromatic nitrogens is 2. The zero-order valence-corrected chi connectivity index (χ0v) is 14.0. The van der Waals surface area contributed by atoms with Crippen LogP contribution < -0.4 is 10.9 Å². The second kappa shape index (κ2) is 6.34. The lowest BCUT2D eigenvalue weighted by Crippen LogP contribution is -2.18. The molecule has 0 radical (unpaired) electrons. The van der Waals surface area contributed by atoms with E-state index in [9.17, 15) is 10.1 Å². The van der Waals surface area contributed by atoms with Crippen LogP contribution in [0.15, 0.2) is 35.3 Å². The number of nitriles is 1. The maximum absolute atomic E-state index is 12.2. The number of nitrogens with zero attached hydrogens (tertiary/aromatic N) is 2. The molecule has 2 aromatic heterocycles. The summed E-state index contributed by atoms with van der Waals surface area (Å²) in [5.74, 6) is 0. The summed E-state index contributed by atoms with van der Waals surface area (Å²) in [6.45, 7) is 4.05. The first kappa shape index (κ1) is 16.0. The van der Waals surface area contributed by atoms with Gasteiger partial charge in [-0.3, -0.25) is 9.78 Å². The van der Waals surface area contributed by atoms with Crippen LogP contribution in [0.5, 0.6) is 0 Å². The number of halogens is 1. The lowest BCUT2D eigenvalue weighted by Gasteiger charge is -2.13. The molecule has 2 heterocycles. The number of hydrogen-bond acceptors (Lipinski definition) is 4. The molecule has 2 N–H and O–H groups in total. The van der Waals surface area contributed by atoms with Gasteiger partial charge in [0.05, 0.1) is 16.8 Å². The number of benzene rings is 1. The molecule has 0 saturated carbocycles. The van der Waals surface area contributed by atoms with Gasteiger partial charge in [-0.1, -0.05) is 11.6 Å². The average Bonchev–Trinajstić information content (AvgIpc) is 2.53. The van der Waals surface area contributed by atoms with Crippen molar-refractivity contribution < 1.29 is 0 Å². The largest absolute Gasteiger partial charge is 0.379 e. The molecule has 120 valence electrons. The van der Waals surface area contributed by atoms with E-state index in [2.05, 4.69) is 21.4 Å². The van der Waals surface area contributed by atoms with Crippen molar-refractivity contribution >= 4 is 28.2 Å². The van der Waals surface area contributed by atoms with E-state index in [4.69, 9.17) is 11.6 Å². The lowest BCUT2D eigenvalue weighted by molar-refractivity contribution is 1.01. The Labute approximate surface area is 143 Å². The number of hydrogen-bond donors (Lipinski definition) is 2. The van der Waals surface area contributed by atoms with Gasteiger partial charge in [-0.2, -0.15) is 5.26 Å². The zero-order valence-electron chi connectivity index (χ0n) is 13.3. The van der Waals surface area contributed by atoms with Crippen molar-refractivity contribution in [2.45, 2.75) is 20.4 Å². The zero-order chi connectivity index (χ0) is 17.3. The van der Waals surface area contributed by atoms with Crippen LogP contribution >= 0.6 is 11.6 Å². The summed E-state index contributed by atoms with van der Waals surface area (Å²) in [5, 5.41) is 13.9. The maximum Gasteiger partial charge on any atom is 0.253 e. The highest BCUT2D eigenvalue weighted by Crippen LogP contribution is 2.28. The molecule has 0 amide bonds. The van der Waals surface area contributed by atoms with Crippen LogP contribution in [0.2, 0.25) is 5.02 Å². The van der Waals surface area contributed by atoms with Gasteiger partial charge < -0.3 is 10.3 Å². The van der Waals surface area contributed by atoms with Gasteiger partial charge in [0, 0.05) is 34.4 Å². The Hall–Kier alpha value is -2.84. The Balaban J connectivity index is 2.06. The van der Waals surface area contributed by atoms with Crippen LogP contribution in [0.4, 0.5) is 5.69 Å². The minimum absolute atomic E-state index is 0.130. The molecule has 0 aliphatic rings. The normalized spacial score (nSPS) is 10.6. The number of fused-ring (bicyclic) bond motifs is 1. The monoisotopic (exact) mass is 338 g/mol. The Kier molecular flexibility index (Phi) is 4.24. The topological polar surface area (TPSA) is 81.6 Å². The molecule has 5 nitrogen and oxygen atoms in total. The first-order chi connectivity index (χ1) is 11.5. The van der Waals surface area contributed by atoms with Crippen LogP contribution in [-0.4, -0.2) is 9.97 Å². The molecule has 3 rings (SSSR count). The van der Waals surface area contributed by atoms with Crippen molar-refractivity contribution in [3.63, 3.8) is 0 Å². The molecule has 0 saturated heterocycles. The summed E-state index contributed by atoms with van der Waals surface area (Å²) in [6, 6.07) is 9.36. The third-order valence-electron chi connectivity index (χ3n) is 3.89. The van der Waals surface area contributed by atoms with Gasteiger partial charge in [-0.15, -0.1) is 0 Å². The third-order valence-corrected chi connectivity index (χ3v) is 4.12. The van der Waals surface area contributed by atoms with Crippen LogP contribution in [0.25, 0.3) is 10.9 Å². The van der Waals surface area contributed by atoms with E-state index in [1.54, 1.807) is 18.2 Å². The number of anilines is 1. The fraction of sp³-hybridized carbons (Fsp3) is 0.167. The first-order valence-corrected chi connectivity index (χ1v) is 7.79. The van der Waals surface area contributed by atoms with Crippen LogP contribution in [0, 0.1) is 25.2 Å². The Morgan fingerprint density at radius 3 is 2.83 bits per heavy atom. The van der Waals surface area contributed by atoms with E-state index in [-0.39, 0.29) is 5.56 Å². The Morgan fingerprint density at radius 2 is 2.12 bits per heavy atom. The molecule has 0 bridgehead atoms. The summed E-state index contributed by atoms with van der Waals surface area (Å²) in [4.78, 5) is 19.2. The van der Waals surface area contributed by atoms with Gasteiger partial charge in [0.2, 0.25) is 0 Å². The molecular weight excluding hydrogens is 324 g/mol. The van der Waals surface area contributed by atoms with Crippen molar-refractivity contribution in [1.29, 1.82) is 5.26 Å². The molecule has 1 aromatic carbocycles.